The van der Waals surface area contributed by atoms with Crippen molar-refractivity contribution in [2.24, 2.45) is 0 Å². The first-order valence-corrected chi connectivity index (χ1v) is 16.0. The van der Waals surface area contributed by atoms with Gasteiger partial charge in [-0.15, -0.1) is 0 Å². The number of carbonyl (C=O) groups excluding carboxylic acids is 4. The molecule has 1 saturated heterocycles. The zero-order chi connectivity index (χ0) is 33.6. The van der Waals surface area contributed by atoms with Crippen molar-refractivity contribution in [3.8, 4) is 0 Å². The Labute approximate surface area is 279 Å². The fraction of sp³-hybridized carbons (Fsp3) is 0.243. The summed E-state index contributed by atoms with van der Waals surface area (Å²) in [4.78, 5) is 62.7. The Bertz CT molecular complexity index is 1760. The van der Waals surface area contributed by atoms with Gasteiger partial charge in [0.15, 0.2) is 6.04 Å². The number of anilines is 6. The van der Waals surface area contributed by atoms with Crippen LogP contribution in [-0.2, 0) is 19.1 Å². The lowest BCUT2D eigenvalue weighted by molar-refractivity contribution is -0.129. The molecule has 11 heteroatoms. The number of carbonyl (C=O) groups is 4. The fourth-order valence-electron chi connectivity index (χ4n) is 6.05. The highest BCUT2D eigenvalue weighted by atomic mass is 16.5. The van der Waals surface area contributed by atoms with Crippen molar-refractivity contribution >= 4 is 57.9 Å². The van der Waals surface area contributed by atoms with E-state index in [1.807, 2.05) is 50.2 Å². The van der Waals surface area contributed by atoms with Gasteiger partial charge in [0, 0.05) is 41.9 Å². The standard InChI is InChI=1S/C37H38N6O5/c1-26(2)42(30-19-17-28(18-20-30)40-21-23-48-24-22-40)33(44)25-41-31-15-9-10-16-32(31)43(29-13-7-4-8-14-29)36(46)34(35(41)45)39-37(47)38-27-11-5-3-6-12-27/h3-20,26,34H,21-25H2,1-2H3,(H2,38,39,47). The number of morpholine rings is 1. The van der Waals surface area contributed by atoms with Gasteiger partial charge in [0.05, 0.1) is 24.6 Å². The van der Waals surface area contributed by atoms with Gasteiger partial charge in [-0.3, -0.25) is 24.2 Å². The summed E-state index contributed by atoms with van der Waals surface area (Å²) < 4.78 is 5.48. The Hall–Kier alpha value is -5.68. The van der Waals surface area contributed by atoms with Crippen LogP contribution in [0.2, 0.25) is 0 Å². The molecule has 0 spiro atoms. The largest absolute Gasteiger partial charge is 0.378 e. The van der Waals surface area contributed by atoms with Gasteiger partial charge in [0.1, 0.15) is 6.54 Å². The summed E-state index contributed by atoms with van der Waals surface area (Å²) in [6.07, 6.45) is 0. The second-order valence-electron chi connectivity index (χ2n) is 11.8. The summed E-state index contributed by atoms with van der Waals surface area (Å²) in [5.41, 5.74) is 3.50. The Morgan fingerprint density at radius 2 is 1.38 bits per heavy atom. The van der Waals surface area contributed by atoms with Gasteiger partial charge < -0.3 is 25.2 Å². The second-order valence-corrected chi connectivity index (χ2v) is 11.8. The van der Waals surface area contributed by atoms with E-state index in [-0.39, 0.29) is 18.5 Å². The number of hydrogen-bond donors (Lipinski definition) is 2. The van der Waals surface area contributed by atoms with Gasteiger partial charge in [-0.2, -0.15) is 0 Å². The third-order valence-electron chi connectivity index (χ3n) is 8.30. The van der Waals surface area contributed by atoms with Crippen LogP contribution >= 0.6 is 0 Å². The molecular formula is C37H38N6O5. The number of benzene rings is 4. The lowest BCUT2D eigenvalue weighted by atomic mass is 10.1. The number of hydrogen-bond acceptors (Lipinski definition) is 6. The van der Waals surface area contributed by atoms with Gasteiger partial charge >= 0.3 is 6.03 Å². The van der Waals surface area contributed by atoms with Gasteiger partial charge in [0.2, 0.25) is 5.91 Å². The highest BCUT2D eigenvalue weighted by molar-refractivity contribution is 6.25. The molecule has 0 saturated carbocycles. The SMILES string of the molecule is CC(C)N(C(=O)CN1C(=O)C(NC(=O)Nc2ccccc2)C(=O)N(c2ccccc2)c2ccccc21)c1ccc(N2CCOCC2)cc1. The summed E-state index contributed by atoms with van der Waals surface area (Å²) in [7, 11) is 0. The predicted molar refractivity (Wildman–Crippen MR) is 187 cm³/mol. The van der Waals surface area contributed by atoms with E-state index in [1.165, 1.54) is 9.80 Å². The summed E-state index contributed by atoms with van der Waals surface area (Å²) in [5, 5.41) is 5.28. The fourth-order valence-corrected chi connectivity index (χ4v) is 6.05. The van der Waals surface area contributed by atoms with E-state index in [4.69, 9.17) is 4.74 Å². The summed E-state index contributed by atoms with van der Waals surface area (Å²) in [6.45, 7) is 6.36. The number of amides is 5. The Morgan fingerprint density at radius 3 is 2.02 bits per heavy atom. The highest BCUT2D eigenvalue weighted by Crippen LogP contribution is 2.38. The predicted octanol–water partition coefficient (Wildman–Crippen LogP) is 5.17. The average molecular weight is 647 g/mol. The maximum atomic E-state index is 14.4. The smallest absolute Gasteiger partial charge is 0.320 e. The van der Waals surface area contributed by atoms with Crippen LogP contribution in [0.15, 0.2) is 109 Å². The van der Waals surface area contributed by atoms with Crippen LogP contribution in [0.25, 0.3) is 0 Å². The minimum absolute atomic E-state index is 0.239. The number of urea groups is 1. The Morgan fingerprint density at radius 1 is 0.771 bits per heavy atom. The zero-order valence-corrected chi connectivity index (χ0v) is 26.9. The lowest BCUT2D eigenvalue weighted by Gasteiger charge is -2.32. The van der Waals surface area contributed by atoms with E-state index in [0.29, 0.717) is 41.7 Å². The van der Waals surface area contributed by atoms with Crippen molar-refractivity contribution in [1.82, 2.24) is 5.32 Å². The van der Waals surface area contributed by atoms with E-state index in [1.54, 1.807) is 77.7 Å². The molecule has 0 bridgehead atoms. The molecule has 2 N–H and O–H groups in total. The molecule has 1 unspecified atom stereocenters. The summed E-state index contributed by atoms with van der Waals surface area (Å²) >= 11 is 0. The van der Waals surface area contributed by atoms with E-state index in [9.17, 15) is 19.2 Å². The van der Waals surface area contributed by atoms with Crippen LogP contribution in [0.1, 0.15) is 13.8 Å². The first-order valence-electron chi connectivity index (χ1n) is 16.0. The minimum Gasteiger partial charge on any atom is -0.378 e. The van der Waals surface area contributed by atoms with Crippen molar-refractivity contribution < 1.29 is 23.9 Å². The monoisotopic (exact) mass is 646 g/mol. The second kappa shape index (κ2) is 14.4. The molecule has 11 nitrogen and oxygen atoms in total. The third-order valence-corrected chi connectivity index (χ3v) is 8.30. The number of fused-ring (bicyclic) bond motifs is 1. The van der Waals surface area contributed by atoms with Crippen molar-refractivity contribution in [3.05, 3.63) is 109 Å². The normalized spacial score (nSPS) is 16.3. The first-order chi connectivity index (χ1) is 23.3. The number of ether oxygens (including phenoxy) is 1. The van der Waals surface area contributed by atoms with Crippen molar-refractivity contribution in [2.45, 2.75) is 25.9 Å². The molecule has 1 atom stereocenters. The van der Waals surface area contributed by atoms with Crippen LogP contribution in [0.3, 0.4) is 0 Å². The molecule has 0 aliphatic carbocycles. The maximum Gasteiger partial charge on any atom is 0.320 e. The van der Waals surface area contributed by atoms with Gasteiger partial charge in [-0.1, -0.05) is 48.5 Å². The van der Waals surface area contributed by atoms with E-state index in [0.717, 1.165) is 18.8 Å². The topological polar surface area (TPSA) is 115 Å². The maximum absolute atomic E-state index is 14.4. The summed E-state index contributed by atoms with van der Waals surface area (Å²) in [5.74, 6) is -1.73. The van der Waals surface area contributed by atoms with E-state index in [2.05, 4.69) is 15.5 Å². The Kier molecular flexibility index (Phi) is 9.67. The van der Waals surface area contributed by atoms with Crippen LogP contribution in [-0.4, -0.2) is 68.7 Å². The number of nitrogens with zero attached hydrogens (tertiary/aromatic N) is 4. The molecule has 2 aliphatic rings. The summed E-state index contributed by atoms with van der Waals surface area (Å²) in [6, 6.07) is 29.7. The molecule has 246 valence electrons. The Balaban J connectivity index is 1.34. The average Bonchev–Trinajstić information content (AvgIpc) is 3.18. The van der Waals surface area contributed by atoms with Crippen molar-refractivity contribution in [3.63, 3.8) is 0 Å². The van der Waals surface area contributed by atoms with Crippen molar-refractivity contribution in [1.29, 1.82) is 0 Å². The molecule has 4 aromatic carbocycles. The lowest BCUT2D eigenvalue weighted by Crippen LogP contribution is -2.57. The molecular weight excluding hydrogens is 608 g/mol. The molecule has 48 heavy (non-hydrogen) atoms. The molecule has 2 aliphatic heterocycles. The van der Waals surface area contributed by atoms with E-state index >= 15 is 0 Å². The van der Waals surface area contributed by atoms with Gasteiger partial charge in [-0.25, -0.2) is 4.79 Å². The van der Waals surface area contributed by atoms with Crippen LogP contribution in [0, 0.1) is 0 Å². The van der Waals surface area contributed by atoms with Crippen LogP contribution < -0.4 is 30.2 Å². The highest BCUT2D eigenvalue weighted by Gasteiger charge is 2.43. The molecule has 5 amide bonds. The first kappa shape index (κ1) is 32.3. The molecule has 0 aromatic heterocycles. The third kappa shape index (κ3) is 6.86. The molecule has 2 heterocycles. The minimum atomic E-state index is -1.63. The quantitative estimate of drug-likeness (QED) is 0.256. The van der Waals surface area contributed by atoms with Crippen LogP contribution in [0.5, 0.6) is 0 Å². The number of rotatable bonds is 8. The van der Waals surface area contributed by atoms with Crippen molar-refractivity contribution in [2.75, 3.05) is 57.8 Å². The van der Waals surface area contributed by atoms with E-state index < -0.39 is 23.9 Å². The van der Waals surface area contributed by atoms with Crippen LogP contribution in [0.4, 0.5) is 38.9 Å². The molecule has 1 fully saturated rings. The number of para-hydroxylation sites is 4. The number of nitrogens with one attached hydrogen (secondary N) is 2. The van der Waals surface area contributed by atoms with Gasteiger partial charge in [-0.05, 0) is 74.5 Å². The van der Waals surface area contributed by atoms with Gasteiger partial charge in [0.25, 0.3) is 11.8 Å². The molecule has 6 rings (SSSR count). The molecule has 4 aromatic rings. The molecule has 0 radical (unpaired) electrons. The zero-order valence-electron chi connectivity index (χ0n) is 26.9.